The number of anilines is 1. The van der Waals surface area contributed by atoms with E-state index < -0.39 is 15.7 Å². The Hall–Kier alpha value is -2.06. The van der Waals surface area contributed by atoms with Crippen LogP contribution in [0.25, 0.3) is 0 Å². The second-order valence-corrected chi connectivity index (χ2v) is 8.68. The Morgan fingerprint density at radius 3 is 2.50 bits per heavy atom. The zero-order chi connectivity index (χ0) is 18.7. The average molecular weight is 440 g/mol. The van der Waals surface area contributed by atoms with E-state index in [4.69, 9.17) is 9.47 Å². The molecule has 0 saturated carbocycles. The first-order chi connectivity index (χ1) is 12.4. The summed E-state index contributed by atoms with van der Waals surface area (Å²) in [4.78, 5) is 12.8. The summed E-state index contributed by atoms with van der Waals surface area (Å²) in [5.41, 5.74) is 0.588. The Morgan fingerprint density at radius 1 is 1.15 bits per heavy atom. The molecular weight excluding hydrogens is 422 g/mol. The van der Waals surface area contributed by atoms with E-state index in [0.717, 1.165) is 0 Å². The van der Waals surface area contributed by atoms with Crippen molar-refractivity contribution in [2.24, 2.45) is 0 Å². The lowest BCUT2D eigenvalue weighted by Crippen LogP contribution is -2.19. The van der Waals surface area contributed by atoms with Crippen LogP contribution in [-0.4, -0.2) is 33.3 Å². The number of ether oxygens (including phenoxy) is 2. The molecule has 0 aliphatic carbocycles. The van der Waals surface area contributed by atoms with E-state index in [9.17, 15) is 13.2 Å². The number of hydrogen-bond donors (Lipinski definition) is 1. The normalized spacial score (nSPS) is 13.3. The number of amides is 1. The van der Waals surface area contributed by atoms with Gasteiger partial charge in [0.05, 0.1) is 21.9 Å². The average Bonchev–Trinajstić information content (AvgIpc) is 2.62. The SMILES string of the molecule is CCCS(=O)(=O)c1ccccc1C(=O)Nc1cc2c(cc1Br)OCCO2. The van der Waals surface area contributed by atoms with Crippen LogP contribution in [0.2, 0.25) is 0 Å². The van der Waals surface area contributed by atoms with Gasteiger partial charge in [-0.1, -0.05) is 19.1 Å². The first-order valence-corrected chi connectivity index (χ1v) is 10.6. The molecule has 0 bridgehead atoms. The number of benzene rings is 2. The first kappa shape index (κ1) is 18.7. The van der Waals surface area contributed by atoms with E-state index in [1.54, 1.807) is 31.2 Å². The Kier molecular flexibility index (Phi) is 5.52. The van der Waals surface area contributed by atoms with Gasteiger partial charge in [0.1, 0.15) is 13.2 Å². The standard InChI is InChI=1S/C18H18BrNO5S/c1-2-9-26(22,23)17-6-4-3-5-12(17)18(21)20-14-11-16-15(10-13(14)19)24-7-8-25-16/h3-6,10-11H,2,7-9H2,1H3,(H,20,21). The van der Waals surface area contributed by atoms with Gasteiger partial charge in [0, 0.05) is 16.6 Å². The molecule has 0 unspecified atom stereocenters. The molecule has 2 aromatic carbocycles. The number of carbonyl (C=O) groups excluding carboxylic acids is 1. The molecule has 138 valence electrons. The first-order valence-electron chi connectivity index (χ1n) is 8.14. The molecule has 0 saturated heterocycles. The van der Waals surface area contributed by atoms with Crippen molar-refractivity contribution in [3.05, 3.63) is 46.4 Å². The van der Waals surface area contributed by atoms with Gasteiger partial charge in [-0.05, 0) is 34.5 Å². The fourth-order valence-corrected chi connectivity index (χ4v) is 4.61. The number of sulfone groups is 1. The van der Waals surface area contributed by atoms with Crippen molar-refractivity contribution in [2.75, 3.05) is 24.3 Å². The third-order valence-electron chi connectivity index (χ3n) is 3.82. The van der Waals surface area contributed by atoms with Gasteiger partial charge in [-0.2, -0.15) is 0 Å². The molecule has 0 aromatic heterocycles. The molecule has 0 fully saturated rings. The summed E-state index contributed by atoms with van der Waals surface area (Å²) >= 11 is 3.39. The third kappa shape index (κ3) is 3.86. The van der Waals surface area contributed by atoms with Gasteiger partial charge in [0.25, 0.3) is 5.91 Å². The fourth-order valence-electron chi connectivity index (χ4n) is 2.65. The summed E-state index contributed by atoms with van der Waals surface area (Å²) in [5, 5.41) is 2.75. The van der Waals surface area contributed by atoms with Gasteiger partial charge in [0.15, 0.2) is 21.3 Å². The highest BCUT2D eigenvalue weighted by Crippen LogP contribution is 2.38. The van der Waals surface area contributed by atoms with Gasteiger partial charge < -0.3 is 14.8 Å². The Balaban J connectivity index is 1.92. The summed E-state index contributed by atoms with van der Waals surface area (Å²) in [6.45, 7) is 2.68. The minimum atomic E-state index is -3.52. The fraction of sp³-hybridized carbons (Fsp3) is 0.278. The molecule has 0 radical (unpaired) electrons. The lowest BCUT2D eigenvalue weighted by Gasteiger charge is -2.20. The van der Waals surface area contributed by atoms with Crippen molar-refractivity contribution in [1.82, 2.24) is 0 Å². The topological polar surface area (TPSA) is 81.7 Å². The van der Waals surface area contributed by atoms with Crippen LogP contribution in [0, 0.1) is 0 Å². The van der Waals surface area contributed by atoms with Crippen LogP contribution in [-0.2, 0) is 9.84 Å². The van der Waals surface area contributed by atoms with Crippen LogP contribution < -0.4 is 14.8 Å². The Bertz CT molecular complexity index is 943. The summed E-state index contributed by atoms with van der Waals surface area (Å²) < 4.78 is 36.5. The van der Waals surface area contributed by atoms with Crippen LogP contribution in [0.5, 0.6) is 11.5 Å². The number of hydrogen-bond acceptors (Lipinski definition) is 5. The van der Waals surface area contributed by atoms with Crippen molar-refractivity contribution >= 4 is 37.4 Å². The summed E-state index contributed by atoms with van der Waals surface area (Å²) in [6.07, 6.45) is 0.478. The van der Waals surface area contributed by atoms with Gasteiger partial charge in [-0.15, -0.1) is 0 Å². The molecule has 0 spiro atoms. The molecule has 2 aromatic rings. The number of rotatable bonds is 5. The van der Waals surface area contributed by atoms with E-state index in [2.05, 4.69) is 21.2 Å². The largest absolute Gasteiger partial charge is 0.486 e. The van der Waals surface area contributed by atoms with Gasteiger partial charge in [-0.3, -0.25) is 4.79 Å². The van der Waals surface area contributed by atoms with Crippen molar-refractivity contribution in [3.63, 3.8) is 0 Å². The third-order valence-corrected chi connectivity index (χ3v) is 6.45. The number of carbonyl (C=O) groups is 1. The van der Waals surface area contributed by atoms with Gasteiger partial charge in [0.2, 0.25) is 0 Å². The molecule has 1 N–H and O–H groups in total. The summed E-state index contributed by atoms with van der Waals surface area (Å²) in [7, 11) is -3.52. The monoisotopic (exact) mass is 439 g/mol. The number of fused-ring (bicyclic) bond motifs is 1. The lowest BCUT2D eigenvalue weighted by molar-refractivity contribution is 0.102. The number of halogens is 1. The minimum Gasteiger partial charge on any atom is -0.486 e. The molecule has 3 rings (SSSR count). The van der Waals surface area contributed by atoms with Crippen LogP contribution in [0.15, 0.2) is 45.8 Å². The van der Waals surface area contributed by atoms with E-state index >= 15 is 0 Å². The number of nitrogens with one attached hydrogen (secondary N) is 1. The highest BCUT2D eigenvalue weighted by molar-refractivity contribution is 9.10. The zero-order valence-corrected chi connectivity index (χ0v) is 16.5. The second kappa shape index (κ2) is 7.67. The predicted octanol–water partition coefficient (Wildman–Crippen LogP) is 3.66. The Labute approximate surface area is 160 Å². The van der Waals surface area contributed by atoms with Crippen LogP contribution >= 0.6 is 15.9 Å². The van der Waals surface area contributed by atoms with Crippen LogP contribution in [0.1, 0.15) is 23.7 Å². The predicted molar refractivity (Wildman–Crippen MR) is 102 cm³/mol. The van der Waals surface area contributed by atoms with E-state index in [0.29, 0.717) is 41.3 Å². The Morgan fingerprint density at radius 2 is 1.81 bits per heavy atom. The maximum Gasteiger partial charge on any atom is 0.257 e. The summed E-state index contributed by atoms with van der Waals surface area (Å²) in [5.74, 6) is 0.608. The molecular formula is C18H18BrNO5S. The molecule has 1 amide bonds. The summed E-state index contributed by atoms with van der Waals surface area (Å²) in [6, 6.07) is 9.57. The van der Waals surface area contributed by atoms with Gasteiger partial charge in [-0.25, -0.2) is 8.42 Å². The van der Waals surface area contributed by atoms with E-state index in [-0.39, 0.29) is 16.2 Å². The molecule has 8 heteroatoms. The lowest BCUT2D eigenvalue weighted by atomic mass is 10.2. The highest BCUT2D eigenvalue weighted by Gasteiger charge is 2.23. The molecule has 6 nitrogen and oxygen atoms in total. The zero-order valence-electron chi connectivity index (χ0n) is 14.1. The molecule has 0 atom stereocenters. The highest BCUT2D eigenvalue weighted by atomic mass is 79.9. The van der Waals surface area contributed by atoms with Crippen molar-refractivity contribution < 1.29 is 22.7 Å². The minimum absolute atomic E-state index is 0.00892. The van der Waals surface area contributed by atoms with E-state index in [1.165, 1.54) is 12.1 Å². The smallest absolute Gasteiger partial charge is 0.257 e. The second-order valence-electron chi connectivity index (χ2n) is 5.74. The van der Waals surface area contributed by atoms with Gasteiger partial charge >= 0.3 is 0 Å². The van der Waals surface area contributed by atoms with Crippen LogP contribution in [0.4, 0.5) is 5.69 Å². The van der Waals surface area contributed by atoms with Crippen LogP contribution in [0.3, 0.4) is 0 Å². The molecule has 1 heterocycles. The molecule has 1 aliphatic rings. The van der Waals surface area contributed by atoms with Crippen molar-refractivity contribution in [1.29, 1.82) is 0 Å². The van der Waals surface area contributed by atoms with Crippen molar-refractivity contribution in [3.8, 4) is 11.5 Å². The quantitative estimate of drug-likeness (QED) is 0.768. The van der Waals surface area contributed by atoms with Crippen molar-refractivity contribution in [2.45, 2.75) is 18.2 Å². The maximum absolute atomic E-state index is 12.7. The molecule has 26 heavy (non-hydrogen) atoms. The maximum atomic E-state index is 12.7. The van der Waals surface area contributed by atoms with E-state index in [1.807, 2.05) is 0 Å². The molecule has 1 aliphatic heterocycles.